The van der Waals surface area contributed by atoms with E-state index in [4.69, 9.17) is 0 Å². The lowest BCUT2D eigenvalue weighted by molar-refractivity contribution is -0.136. The zero-order valence-corrected chi connectivity index (χ0v) is 17.5. The minimum atomic E-state index is -0.777. The maximum Gasteiger partial charge on any atom is 0.327 e. The van der Waals surface area contributed by atoms with E-state index in [2.05, 4.69) is 15.5 Å². The fourth-order valence-corrected chi connectivity index (χ4v) is 4.24. The first kappa shape index (κ1) is 20.7. The number of azo groups is 1. The van der Waals surface area contributed by atoms with E-state index in [-0.39, 0.29) is 12.5 Å². The molecule has 160 valence electrons. The molecule has 8 nitrogen and oxygen atoms in total. The van der Waals surface area contributed by atoms with Crippen LogP contribution in [0, 0.1) is 0 Å². The molecule has 1 aliphatic heterocycles. The zero-order chi connectivity index (χ0) is 21.8. The Morgan fingerprint density at radius 3 is 2.19 bits per heavy atom. The number of benzene rings is 2. The third-order valence-corrected chi connectivity index (χ3v) is 5.97. The highest BCUT2D eigenvalue weighted by Crippen LogP contribution is 2.39. The van der Waals surface area contributed by atoms with Gasteiger partial charge in [-0.15, -0.1) is 0 Å². The summed E-state index contributed by atoms with van der Waals surface area (Å²) in [6.45, 7) is -0.292. The Kier molecular flexibility index (Phi) is 5.79. The van der Waals surface area contributed by atoms with E-state index < -0.39 is 17.5 Å². The van der Waals surface area contributed by atoms with Crippen LogP contribution in [0.1, 0.15) is 32.1 Å². The Labute approximate surface area is 180 Å². The van der Waals surface area contributed by atoms with Crippen LogP contribution in [-0.4, -0.2) is 46.8 Å². The quantitative estimate of drug-likeness (QED) is 0.565. The number of hydrogen-bond acceptors (Lipinski definition) is 5. The molecular formula is C23H25N5O3. The maximum absolute atomic E-state index is 13.0. The van der Waals surface area contributed by atoms with Gasteiger partial charge in [0, 0.05) is 12.7 Å². The monoisotopic (exact) mass is 419 g/mol. The number of amides is 4. The largest absolute Gasteiger partial charge is 0.327 e. The number of anilines is 1. The van der Waals surface area contributed by atoms with Crippen molar-refractivity contribution in [2.45, 2.75) is 37.6 Å². The number of hydrogen-bond donors (Lipinski definition) is 1. The first-order valence-electron chi connectivity index (χ1n) is 10.5. The highest BCUT2D eigenvalue weighted by molar-refractivity contribution is 6.10. The van der Waals surface area contributed by atoms with E-state index in [9.17, 15) is 14.4 Å². The number of rotatable bonds is 5. The first-order valence-corrected chi connectivity index (χ1v) is 10.5. The molecule has 0 atom stereocenters. The Bertz CT molecular complexity index is 998. The predicted molar refractivity (Wildman–Crippen MR) is 116 cm³/mol. The van der Waals surface area contributed by atoms with Crippen LogP contribution in [0.3, 0.4) is 0 Å². The van der Waals surface area contributed by atoms with Crippen LogP contribution in [0.25, 0.3) is 0 Å². The Morgan fingerprint density at radius 2 is 1.55 bits per heavy atom. The molecule has 8 heteroatoms. The lowest BCUT2D eigenvalue weighted by atomic mass is 9.81. The molecule has 31 heavy (non-hydrogen) atoms. The minimum absolute atomic E-state index is 0.258. The SMILES string of the molecule is CN1C(=O)N(CC(=O)Nc2ccc(N=Nc3ccccc3)cc2)C(=O)C12CCCCC2. The standard InChI is InChI=1S/C23H25N5O3/c1-27-22(31)28(21(30)23(27)14-6-3-7-15-23)16-20(29)24-17-10-12-19(13-11-17)26-25-18-8-4-2-5-9-18/h2,4-5,8-13H,3,6-7,14-16H2,1H3,(H,24,29). The number of carbonyl (C=O) groups excluding carboxylic acids is 3. The number of nitrogens with zero attached hydrogens (tertiary/aromatic N) is 4. The predicted octanol–water partition coefficient (Wildman–Crippen LogP) is 4.64. The van der Waals surface area contributed by atoms with Gasteiger partial charge >= 0.3 is 6.03 Å². The van der Waals surface area contributed by atoms with Gasteiger partial charge in [0.25, 0.3) is 5.91 Å². The van der Waals surface area contributed by atoms with Gasteiger partial charge < -0.3 is 10.2 Å². The lowest BCUT2D eigenvalue weighted by Crippen LogP contribution is -2.49. The molecule has 2 aromatic rings. The number of nitrogens with one attached hydrogen (secondary N) is 1. The summed E-state index contributed by atoms with van der Waals surface area (Å²) < 4.78 is 0. The maximum atomic E-state index is 13.0. The third-order valence-electron chi connectivity index (χ3n) is 5.97. The lowest BCUT2D eigenvalue weighted by Gasteiger charge is -2.35. The van der Waals surface area contributed by atoms with Crippen LogP contribution in [-0.2, 0) is 9.59 Å². The number of carbonyl (C=O) groups is 3. The number of imide groups is 1. The van der Waals surface area contributed by atoms with E-state index in [1.807, 2.05) is 30.3 Å². The van der Waals surface area contributed by atoms with E-state index in [0.717, 1.165) is 29.8 Å². The summed E-state index contributed by atoms with van der Waals surface area (Å²) in [6.07, 6.45) is 4.21. The van der Waals surface area contributed by atoms with Gasteiger partial charge in [0.1, 0.15) is 12.1 Å². The Hall–Kier alpha value is -3.55. The van der Waals surface area contributed by atoms with Gasteiger partial charge in [0.15, 0.2) is 0 Å². The van der Waals surface area contributed by atoms with E-state index >= 15 is 0 Å². The molecule has 0 unspecified atom stereocenters. The summed E-state index contributed by atoms with van der Waals surface area (Å²) in [7, 11) is 1.66. The fraction of sp³-hybridized carbons (Fsp3) is 0.348. The molecule has 1 saturated carbocycles. The number of urea groups is 1. The van der Waals surface area contributed by atoms with Crippen molar-refractivity contribution in [2.75, 3.05) is 18.9 Å². The summed E-state index contributed by atoms with van der Waals surface area (Å²) in [5.41, 5.74) is 1.18. The fourth-order valence-electron chi connectivity index (χ4n) is 4.24. The van der Waals surface area contributed by atoms with Crippen molar-refractivity contribution in [3.8, 4) is 0 Å². The second kappa shape index (κ2) is 8.67. The highest BCUT2D eigenvalue weighted by atomic mass is 16.2. The van der Waals surface area contributed by atoms with Crippen LogP contribution in [0.5, 0.6) is 0 Å². The van der Waals surface area contributed by atoms with Gasteiger partial charge in [0.05, 0.1) is 11.4 Å². The van der Waals surface area contributed by atoms with Crippen molar-refractivity contribution < 1.29 is 14.4 Å². The van der Waals surface area contributed by atoms with E-state index in [1.165, 1.54) is 4.90 Å². The summed E-state index contributed by atoms with van der Waals surface area (Å²) in [6, 6.07) is 15.9. The number of likely N-dealkylation sites (N-methyl/N-ethyl adjacent to an activating group) is 1. The van der Waals surface area contributed by atoms with Crippen molar-refractivity contribution in [1.82, 2.24) is 9.80 Å². The summed E-state index contributed by atoms with van der Waals surface area (Å²) >= 11 is 0. The molecule has 4 rings (SSSR count). The second-order valence-corrected chi connectivity index (χ2v) is 7.96. The van der Waals surface area contributed by atoms with Gasteiger partial charge in [0.2, 0.25) is 5.91 Å². The van der Waals surface area contributed by atoms with E-state index in [1.54, 1.807) is 31.3 Å². The summed E-state index contributed by atoms with van der Waals surface area (Å²) in [5, 5.41) is 11.1. The molecule has 1 N–H and O–H groups in total. The highest BCUT2D eigenvalue weighted by Gasteiger charge is 2.55. The van der Waals surface area contributed by atoms with Gasteiger partial charge in [-0.3, -0.25) is 14.5 Å². The smallest absolute Gasteiger partial charge is 0.325 e. The molecule has 0 bridgehead atoms. The Balaban J connectivity index is 1.37. The molecule has 2 aliphatic rings. The van der Waals surface area contributed by atoms with Gasteiger partial charge in [-0.2, -0.15) is 10.2 Å². The van der Waals surface area contributed by atoms with Crippen molar-refractivity contribution in [2.24, 2.45) is 10.2 Å². The van der Waals surface area contributed by atoms with Crippen molar-refractivity contribution >= 4 is 34.9 Å². The molecular weight excluding hydrogens is 394 g/mol. The van der Waals surface area contributed by atoms with E-state index in [0.29, 0.717) is 24.2 Å². The van der Waals surface area contributed by atoms with Crippen molar-refractivity contribution in [3.05, 3.63) is 54.6 Å². The summed E-state index contributed by atoms with van der Waals surface area (Å²) in [4.78, 5) is 40.7. The second-order valence-electron chi connectivity index (χ2n) is 7.96. The molecule has 4 amide bonds. The van der Waals surface area contributed by atoms with Crippen LogP contribution in [0.4, 0.5) is 21.9 Å². The van der Waals surface area contributed by atoms with Gasteiger partial charge in [-0.05, 0) is 49.2 Å². The van der Waals surface area contributed by atoms with Crippen LogP contribution in [0.15, 0.2) is 64.8 Å². The average Bonchev–Trinajstić information content (AvgIpc) is 2.96. The first-order chi connectivity index (χ1) is 15.0. The normalized spacial score (nSPS) is 18.2. The van der Waals surface area contributed by atoms with Gasteiger partial charge in [-0.25, -0.2) is 4.79 Å². The molecule has 1 spiro atoms. The molecule has 1 saturated heterocycles. The van der Waals surface area contributed by atoms with Crippen molar-refractivity contribution in [1.29, 1.82) is 0 Å². The molecule has 1 heterocycles. The molecule has 2 aromatic carbocycles. The zero-order valence-electron chi connectivity index (χ0n) is 17.5. The Morgan fingerprint density at radius 1 is 0.935 bits per heavy atom. The topological polar surface area (TPSA) is 94.4 Å². The van der Waals surface area contributed by atoms with Crippen LogP contribution >= 0.6 is 0 Å². The molecule has 0 radical (unpaired) electrons. The molecule has 1 aliphatic carbocycles. The van der Waals surface area contributed by atoms with Gasteiger partial charge in [-0.1, -0.05) is 37.5 Å². The molecule has 2 fully saturated rings. The summed E-state index contributed by atoms with van der Waals surface area (Å²) in [5.74, 6) is -0.673. The third kappa shape index (κ3) is 4.19. The average molecular weight is 419 g/mol. The van der Waals surface area contributed by atoms with Crippen molar-refractivity contribution in [3.63, 3.8) is 0 Å². The minimum Gasteiger partial charge on any atom is -0.325 e. The molecule has 0 aromatic heterocycles. The van der Waals surface area contributed by atoms with Crippen LogP contribution in [0.2, 0.25) is 0 Å². The van der Waals surface area contributed by atoms with Crippen LogP contribution < -0.4 is 5.32 Å².